The fourth-order valence-corrected chi connectivity index (χ4v) is 4.66. The second-order valence-corrected chi connectivity index (χ2v) is 8.26. The number of piperazine rings is 1. The van der Waals surface area contributed by atoms with Gasteiger partial charge < -0.3 is 14.6 Å². The average Bonchev–Trinajstić information content (AvgIpc) is 2.76. The molecule has 6 heteroatoms. The van der Waals surface area contributed by atoms with Crippen molar-refractivity contribution in [1.29, 1.82) is 0 Å². The molecule has 1 aromatic carbocycles. The van der Waals surface area contributed by atoms with Crippen LogP contribution in [0.5, 0.6) is 0 Å². The number of rotatable bonds is 7. The molecule has 3 aliphatic rings. The van der Waals surface area contributed by atoms with E-state index in [1.54, 1.807) is 6.26 Å². The smallest absolute Gasteiger partial charge is 0.173 e. The van der Waals surface area contributed by atoms with Crippen molar-refractivity contribution in [2.75, 3.05) is 52.5 Å². The Balaban J connectivity index is 1.22. The van der Waals surface area contributed by atoms with Gasteiger partial charge in [-0.1, -0.05) is 30.3 Å². The Morgan fingerprint density at radius 2 is 1.76 bits per heavy atom. The first-order valence-electron chi connectivity index (χ1n) is 10.9. The van der Waals surface area contributed by atoms with Gasteiger partial charge in [0.2, 0.25) is 0 Å². The van der Waals surface area contributed by atoms with E-state index in [4.69, 9.17) is 14.6 Å². The predicted octanol–water partition coefficient (Wildman–Crippen LogP) is 1.79. The minimum atomic E-state index is -0.0595. The monoisotopic (exact) mass is 400 g/mol. The van der Waals surface area contributed by atoms with E-state index < -0.39 is 0 Å². The maximum Gasteiger partial charge on any atom is 0.173 e. The maximum absolute atomic E-state index is 12.9. The van der Waals surface area contributed by atoms with Crippen molar-refractivity contribution < 1.29 is 19.4 Å². The zero-order valence-corrected chi connectivity index (χ0v) is 17.0. The SMILES string of the molecule is O=C1C(c2ccccc2)=COC2CC(OCCN3CCN(CCO)CC3)CCC12. The van der Waals surface area contributed by atoms with Crippen LogP contribution in [0.15, 0.2) is 36.6 Å². The van der Waals surface area contributed by atoms with Gasteiger partial charge in [-0.3, -0.25) is 14.6 Å². The number of allylic oxidation sites excluding steroid dienone is 1. The molecule has 2 aliphatic heterocycles. The van der Waals surface area contributed by atoms with Gasteiger partial charge in [0, 0.05) is 45.7 Å². The molecule has 1 N–H and O–H groups in total. The van der Waals surface area contributed by atoms with Gasteiger partial charge in [-0.05, 0) is 18.4 Å². The summed E-state index contributed by atoms with van der Waals surface area (Å²) in [5, 5.41) is 9.03. The third kappa shape index (κ3) is 5.07. The third-order valence-electron chi connectivity index (χ3n) is 6.43. The number of nitrogens with zero attached hydrogens (tertiary/aromatic N) is 2. The van der Waals surface area contributed by atoms with Gasteiger partial charge in [0.05, 0.1) is 37.1 Å². The number of carbonyl (C=O) groups excluding carboxylic acids is 1. The van der Waals surface area contributed by atoms with E-state index in [-0.39, 0.29) is 30.5 Å². The largest absolute Gasteiger partial charge is 0.496 e. The van der Waals surface area contributed by atoms with Gasteiger partial charge in [-0.15, -0.1) is 0 Å². The summed E-state index contributed by atoms with van der Waals surface area (Å²) < 4.78 is 12.1. The van der Waals surface area contributed by atoms with Gasteiger partial charge in [-0.2, -0.15) is 0 Å². The Kier molecular flexibility index (Phi) is 6.98. The van der Waals surface area contributed by atoms with Gasteiger partial charge in [-0.25, -0.2) is 0 Å². The average molecular weight is 401 g/mol. The van der Waals surface area contributed by atoms with Crippen LogP contribution in [-0.2, 0) is 14.3 Å². The summed E-state index contributed by atoms with van der Waals surface area (Å²) in [6.07, 6.45) is 4.31. The molecule has 0 aromatic heterocycles. The normalized spacial score (nSPS) is 28.5. The minimum Gasteiger partial charge on any atom is -0.496 e. The van der Waals surface area contributed by atoms with Crippen LogP contribution in [0.25, 0.3) is 5.57 Å². The summed E-state index contributed by atoms with van der Waals surface area (Å²) in [6.45, 7) is 6.76. The first-order chi connectivity index (χ1) is 14.2. The van der Waals surface area contributed by atoms with Crippen molar-refractivity contribution in [1.82, 2.24) is 9.80 Å². The molecule has 1 saturated carbocycles. The molecule has 6 nitrogen and oxygen atoms in total. The van der Waals surface area contributed by atoms with Crippen LogP contribution < -0.4 is 0 Å². The molecule has 0 amide bonds. The Hall–Kier alpha value is -1.73. The lowest BCUT2D eigenvalue weighted by Crippen LogP contribution is -2.48. The van der Waals surface area contributed by atoms with Gasteiger partial charge in [0.1, 0.15) is 6.10 Å². The number of ketones is 1. The number of carbonyl (C=O) groups is 1. The Morgan fingerprint density at radius 1 is 1.03 bits per heavy atom. The molecule has 0 spiro atoms. The minimum absolute atomic E-state index is 0.0466. The lowest BCUT2D eigenvalue weighted by Gasteiger charge is -2.38. The van der Waals surface area contributed by atoms with Crippen molar-refractivity contribution in [3.05, 3.63) is 42.2 Å². The molecule has 158 valence electrons. The summed E-state index contributed by atoms with van der Waals surface area (Å²) in [5.41, 5.74) is 1.64. The number of benzene rings is 1. The molecule has 1 aromatic rings. The summed E-state index contributed by atoms with van der Waals surface area (Å²) in [4.78, 5) is 17.7. The highest BCUT2D eigenvalue weighted by atomic mass is 16.5. The van der Waals surface area contributed by atoms with Crippen LogP contribution in [0.1, 0.15) is 24.8 Å². The lowest BCUT2D eigenvalue weighted by molar-refractivity contribution is -0.128. The highest BCUT2D eigenvalue weighted by Gasteiger charge is 2.40. The summed E-state index contributed by atoms with van der Waals surface area (Å²) in [7, 11) is 0. The van der Waals surface area contributed by atoms with Crippen molar-refractivity contribution in [3.63, 3.8) is 0 Å². The topological polar surface area (TPSA) is 62.2 Å². The summed E-state index contributed by atoms with van der Waals surface area (Å²) in [5.74, 6) is 0.168. The molecule has 3 atom stereocenters. The van der Waals surface area contributed by atoms with Crippen molar-refractivity contribution in [3.8, 4) is 0 Å². The molecule has 2 heterocycles. The van der Waals surface area contributed by atoms with Crippen LogP contribution in [0, 0.1) is 5.92 Å². The molecule has 0 bridgehead atoms. The first-order valence-corrected chi connectivity index (χ1v) is 10.9. The van der Waals surface area contributed by atoms with Crippen LogP contribution in [0.4, 0.5) is 0 Å². The number of aliphatic hydroxyl groups excluding tert-OH is 1. The van der Waals surface area contributed by atoms with Gasteiger partial charge in [0.25, 0.3) is 0 Å². The Morgan fingerprint density at radius 3 is 2.48 bits per heavy atom. The lowest BCUT2D eigenvalue weighted by atomic mass is 9.78. The zero-order valence-electron chi connectivity index (χ0n) is 17.0. The number of aliphatic hydroxyl groups is 1. The van der Waals surface area contributed by atoms with Crippen LogP contribution in [0.2, 0.25) is 0 Å². The molecular formula is C23H32N2O4. The number of hydrogen-bond acceptors (Lipinski definition) is 6. The molecule has 4 rings (SSSR count). The second kappa shape index (κ2) is 9.85. The molecule has 3 unspecified atom stereocenters. The van der Waals surface area contributed by atoms with E-state index >= 15 is 0 Å². The van der Waals surface area contributed by atoms with Crippen LogP contribution >= 0.6 is 0 Å². The second-order valence-electron chi connectivity index (χ2n) is 8.26. The first kappa shape index (κ1) is 20.5. The molecule has 2 fully saturated rings. The summed E-state index contributed by atoms with van der Waals surface area (Å²) >= 11 is 0. The number of fused-ring (bicyclic) bond motifs is 1. The van der Waals surface area contributed by atoms with E-state index in [1.807, 2.05) is 30.3 Å². The standard InChI is InChI=1S/C23H32N2O4/c26-14-12-24-8-10-25(11-9-24)13-15-28-19-6-7-20-22(16-19)29-17-21(23(20)27)18-4-2-1-3-5-18/h1-5,17,19-20,22,26H,6-16H2. The Bertz CT molecular complexity index is 700. The van der Waals surface area contributed by atoms with Crippen molar-refractivity contribution in [2.45, 2.75) is 31.5 Å². The van der Waals surface area contributed by atoms with E-state index in [9.17, 15) is 4.79 Å². The summed E-state index contributed by atoms with van der Waals surface area (Å²) in [6, 6.07) is 9.79. The number of Topliss-reactive ketones (excluding diaryl/α,β-unsaturated/α-hetero) is 1. The van der Waals surface area contributed by atoms with Gasteiger partial charge >= 0.3 is 0 Å². The van der Waals surface area contributed by atoms with Gasteiger partial charge in [0.15, 0.2) is 5.78 Å². The highest BCUT2D eigenvalue weighted by Crippen LogP contribution is 2.37. The zero-order chi connectivity index (χ0) is 20.1. The quantitative estimate of drug-likeness (QED) is 0.753. The highest BCUT2D eigenvalue weighted by molar-refractivity contribution is 6.22. The van der Waals surface area contributed by atoms with Crippen LogP contribution in [0.3, 0.4) is 0 Å². The third-order valence-corrected chi connectivity index (χ3v) is 6.43. The fourth-order valence-electron chi connectivity index (χ4n) is 4.66. The van der Waals surface area contributed by atoms with E-state index in [0.717, 1.165) is 70.7 Å². The number of ether oxygens (including phenoxy) is 2. The number of β-amino-alcohol motifs (C(OH)–C–C–N with tert-alkyl or cyclic N) is 1. The maximum atomic E-state index is 12.9. The molecule has 1 aliphatic carbocycles. The predicted molar refractivity (Wildman–Crippen MR) is 111 cm³/mol. The number of hydrogen-bond donors (Lipinski definition) is 1. The molecule has 29 heavy (non-hydrogen) atoms. The molecular weight excluding hydrogens is 368 g/mol. The van der Waals surface area contributed by atoms with E-state index in [2.05, 4.69) is 9.80 Å². The fraction of sp³-hybridized carbons (Fsp3) is 0.609. The van der Waals surface area contributed by atoms with Crippen molar-refractivity contribution >= 4 is 11.4 Å². The van der Waals surface area contributed by atoms with E-state index in [1.165, 1.54) is 0 Å². The molecule has 0 radical (unpaired) electrons. The van der Waals surface area contributed by atoms with Crippen molar-refractivity contribution in [2.24, 2.45) is 5.92 Å². The van der Waals surface area contributed by atoms with Crippen LogP contribution in [-0.4, -0.2) is 85.4 Å². The Labute approximate surface area is 173 Å². The molecule has 1 saturated heterocycles. The van der Waals surface area contributed by atoms with E-state index in [0.29, 0.717) is 5.57 Å².